The minimum atomic E-state index is -0.521. The van der Waals surface area contributed by atoms with Gasteiger partial charge in [0.1, 0.15) is 5.76 Å². The van der Waals surface area contributed by atoms with Crippen LogP contribution in [0.2, 0.25) is 5.02 Å². The summed E-state index contributed by atoms with van der Waals surface area (Å²) in [5, 5.41) is 20.9. The number of rotatable bonds is 3. The van der Waals surface area contributed by atoms with Crippen molar-refractivity contribution < 1.29 is 19.2 Å². The Morgan fingerprint density at radius 2 is 1.92 bits per heavy atom. The van der Waals surface area contributed by atoms with Gasteiger partial charge in [-0.05, 0) is 43.9 Å². The molecule has 7 nitrogen and oxygen atoms in total. The van der Waals surface area contributed by atoms with Gasteiger partial charge in [0.05, 0.1) is 16.0 Å². The zero-order valence-electron chi connectivity index (χ0n) is 13.8. The number of furan rings is 1. The predicted octanol–water partition coefficient (Wildman–Crippen LogP) is 3.64. The average molecular weight is 377 g/mol. The molecule has 1 amide bonds. The minimum Gasteiger partial charge on any atom is -0.451 e. The molecule has 0 saturated carbocycles. The van der Waals surface area contributed by atoms with Crippen LogP contribution in [0.4, 0.5) is 5.69 Å². The van der Waals surface area contributed by atoms with Crippen LogP contribution in [0, 0.1) is 10.1 Å². The number of nitrogens with zero attached hydrogens (tertiary/aromatic N) is 2. The first-order chi connectivity index (χ1) is 12.4. The lowest BCUT2D eigenvalue weighted by atomic mass is 9.99. The van der Waals surface area contributed by atoms with E-state index in [9.17, 15) is 20.0 Å². The average Bonchev–Trinajstić information content (AvgIpc) is 3.18. The molecule has 2 bridgehead atoms. The predicted molar refractivity (Wildman–Crippen MR) is 94.0 cm³/mol. The Balaban J connectivity index is 1.59. The lowest BCUT2D eigenvalue weighted by Gasteiger charge is -2.36. The van der Waals surface area contributed by atoms with Gasteiger partial charge in [0.15, 0.2) is 5.76 Å². The number of carbonyl (C=O) groups excluding carboxylic acids is 1. The second-order valence-electron chi connectivity index (χ2n) is 6.81. The molecule has 0 unspecified atom stereocenters. The molecule has 2 atom stereocenters. The number of non-ortho nitro benzene ring substituents is 1. The van der Waals surface area contributed by atoms with Crippen LogP contribution in [-0.4, -0.2) is 39.0 Å². The number of benzene rings is 1. The Morgan fingerprint density at radius 1 is 1.23 bits per heavy atom. The highest BCUT2D eigenvalue weighted by Gasteiger charge is 2.43. The summed E-state index contributed by atoms with van der Waals surface area (Å²) in [5.74, 6) is 0.411. The Morgan fingerprint density at radius 3 is 2.54 bits per heavy atom. The second kappa shape index (κ2) is 6.41. The molecule has 4 rings (SSSR count). The number of hydrogen-bond donors (Lipinski definition) is 1. The van der Waals surface area contributed by atoms with Crippen molar-refractivity contribution in [1.29, 1.82) is 0 Å². The van der Waals surface area contributed by atoms with Crippen molar-refractivity contribution in [3.8, 4) is 11.3 Å². The van der Waals surface area contributed by atoms with Crippen LogP contribution in [0.5, 0.6) is 0 Å². The third kappa shape index (κ3) is 2.87. The largest absolute Gasteiger partial charge is 0.451 e. The van der Waals surface area contributed by atoms with Crippen molar-refractivity contribution in [2.45, 2.75) is 43.9 Å². The van der Waals surface area contributed by atoms with Crippen molar-refractivity contribution in [2.75, 3.05) is 0 Å². The van der Waals surface area contributed by atoms with Gasteiger partial charge in [-0.3, -0.25) is 14.9 Å². The lowest BCUT2D eigenvalue weighted by molar-refractivity contribution is -0.384. The number of nitro benzene ring substituents is 1. The van der Waals surface area contributed by atoms with E-state index in [4.69, 9.17) is 16.0 Å². The van der Waals surface area contributed by atoms with Crippen molar-refractivity contribution in [3.05, 3.63) is 51.2 Å². The quantitative estimate of drug-likeness (QED) is 0.651. The van der Waals surface area contributed by atoms with Crippen LogP contribution < -0.4 is 0 Å². The highest BCUT2D eigenvalue weighted by atomic mass is 35.5. The maximum atomic E-state index is 12.9. The van der Waals surface area contributed by atoms with Crippen LogP contribution in [0.15, 0.2) is 34.7 Å². The summed E-state index contributed by atoms with van der Waals surface area (Å²) < 4.78 is 5.71. The number of hydrogen-bond acceptors (Lipinski definition) is 5. The molecule has 2 aliphatic heterocycles. The third-order valence-corrected chi connectivity index (χ3v) is 5.50. The Labute approximate surface area is 154 Å². The Kier molecular flexibility index (Phi) is 4.20. The monoisotopic (exact) mass is 376 g/mol. The zero-order chi connectivity index (χ0) is 18.4. The number of piperidine rings is 1. The van der Waals surface area contributed by atoms with Crippen molar-refractivity contribution in [1.82, 2.24) is 4.90 Å². The van der Waals surface area contributed by atoms with E-state index in [1.165, 1.54) is 18.2 Å². The maximum Gasteiger partial charge on any atom is 0.290 e. The van der Waals surface area contributed by atoms with Gasteiger partial charge in [-0.15, -0.1) is 0 Å². The highest BCUT2D eigenvalue weighted by Crippen LogP contribution is 2.38. The molecular weight excluding hydrogens is 360 g/mol. The van der Waals surface area contributed by atoms with E-state index in [1.807, 2.05) is 4.90 Å². The molecule has 0 radical (unpaired) electrons. The van der Waals surface area contributed by atoms with Gasteiger partial charge in [0.25, 0.3) is 11.6 Å². The van der Waals surface area contributed by atoms with E-state index in [-0.39, 0.29) is 40.6 Å². The van der Waals surface area contributed by atoms with Gasteiger partial charge in [0, 0.05) is 29.8 Å². The minimum absolute atomic E-state index is 0.0489. The fraction of sp³-hybridized carbons (Fsp3) is 0.389. The molecule has 2 aliphatic rings. The standard InChI is InChI=1S/C18H17ClN2O5/c19-15-9-12(21(24)25)3-4-14(15)16-5-6-17(26-16)18(23)20-10-1-2-11(20)8-13(22)7-10/h3-6,9-11,13,22H,1-2,7-8H2/t10-,11-/m0/s1. The van der Waals surface area contributed by atoms with Crippen molar-refractivity contribution >= 4 is 23.2 Å². The molecule has 8 heteroatoms. The van der Waals surface area contributed by atoms with E-state index < -0.39 is 4.92 Å². The maximum absolute atomic E-state index is 12.9. The molecule has 2 saturated heterocycles. The molecule has 0 spiro atoms. The summed E-state index contributed by atoms with van der Waals surface area (Å²) in [4.78, 5) is 25.0. The lowest BCUT2D eigenvalue weighted by Crippen LogP contribution is -2.47. The normalized spacial score (nSPS) is 24.7. The van der Waals surface area contributed by atoms with Crippen molar-refractivity contribution in [2.24, 2.45) is 0 Å². The van der Waals surface area contributed by atoms with Crippen LogP contribution in [0.1, 0.15) is 36.2 Å². The van der Waals surface area contributed by atoms with E-state index >= 15 is 0 Å². The van der Waals surface area contributed by atoms with E-state index in [0.717, 1.165) is 12.8 Å². The number of nitro groups is 1. The Hall–Kier alpha value is -2.38. The number of aliphatic hydroxyl groups is 1. The number of carbonyl (C=O) groups is 1. The molecule has 2 fully saturated rings. The second-order valence-corrected chi connectivity index (χ2v) is 7.22. The van der Waals surface area contributed by atoms with Crippen molar-refractivity contribution in [3.63, 3.8) is 0 Å². The number of halogens is 1. The van der Waals surface area contributed by atoms with Crippen LogP contribution >= 0.6 is 11.6 Å². The van der Waals surface area contributed by atoms with Gasteiger partial charge in [-0.2, -0.15) is 0 Å². The van der Waals surface area contributed by atoms with E-state index in [2.05, 4.69) is 0 Å². The first kappa shape index (κ1) is 17.1. The molecule has 0 aliphatic carbocycles. The SMILES string of the molecule is O=C(c1ccc(-c2ccc([N+](=O)[O-])cc2Cl)o1)N1[C@H]2CC[C@H]1CC(O)C2. The summed E-state index contributed by atoms with van der Waals surface area (Å²) >= 11 is 6.13. The van der Waals surface area contributed by atoms with Gasteiger partial charge in [0.2, 0.25) is 0 Å². The van der Waals surface area contributed by atoms with Crippen LogP contribution in [0.3, 0.4) is 0 Å². The third-order valence-electron chi connectivity index (χ3n) is 5.19. The Bertz CT molecular complexity index is 866. The summed E-state index contributed by atoms with van der Waals surface area (Å²) in [5.41, 5.74) is 0.387. The topological polar surface area (TPSA) is 96.8 Å². The first-order valence-corrected chi connectivity index (χ1v) is 8.86. The van der Waals surface area contributed by atoms with Gasteiger partial charge in [-0.25, -0.2) is 0 Å². The molecule has 3 heterocycles. The number of fused-ring (bicyclic) bond motifs is 2. The van der Waals surface area contributed by atoms with Gasteiger partial charge >= 0.3 is 0 Å². The number of amides is 1. The number of aliphatic hydroxyl groups excluding tert-OH is 1. The van der Waals surface area contributed by atoms with Gasteiger partial charge < -0.3 is 14.4 Å². The van der Waals surface area contributed by atoms with E-state index in [1.54, 1.807) is 12.1 Å². The molecule has 136 valence electrons. The molecular formula is C18H17ClN2O5. The smallest absolute Gasteiger partial charge is 0.290 e. The first-order valence-electron chi connectivity index (χ1n) is 8.49. The van der Waals surface area contributed by atoms with Crippen LogP contribution in [0.25, 0.3) is 11.3 Å². The molecule has 26 heavy (non-hydrogen) atoms. The summed E-state index contributed by atoms with van der Waals surface area (Å²) in [6.07, 6.45) is 2.65. The molecule has 1 aromatic heterocycles. The molecule has 1 N–H and O–H groups in total. The molecule has 2 aromatic rings. The van der Waals surface area contributed by atoms with E-state index in [0.29, 0.717) is 24.2 Å². The van der Waals surface area contributed by atoms with Crippen LogP contribution in [-0.2, 0) is 0 Å². The fourth-order valence-electron chi connectivity index (χ4n) is 4.02. The fourth-order valence-corrected chi connectivity index (χ4v) is 4.29. The summed E-state index contributed by atoms with van der Waals surface area (Å²) in [7, 11) is 0. The molecule has 1 aromatic carbocycles. The highest BCUT2D eigenvalue weighted by molar-refractivity contribution is 6.33. The van der Waals surface area contributed by atoms with Gasteiger partial charge in [-0.1, -0.05) is 11.6 Å². The summed E-state index contributed by atoms with van der Waals surface area (Å²) in [6.45, 7) is 0. The summed E-state index contributed by atoms with van der Waals surface area (Å²) in [6, 6.07) is 7.44. The zero-order valence-corrected chi connectivity index (χ0v) is 14.6.